The maximum absolute atomic E-state index is 14.6. The van der Waals surface area contributed by atoms with Crippen LogP contribution in [0.2, 0.25) is 0 Å². The van der Waals surface area contributed by atoms with E-state index in [0.29, 0.717) is 11.3 Å². The molecule has 0 aliphatic heterocycles. The van der Waals surface area contributed by atoms with Gasteiger partial charge < -0.3 is 11.2 Å². The minimum atomic E-state index is -0.632. The van der Waals surface area contributed by atoms with Crippen LogP contribution >= 0.6 is 0 Å². The number of hydrazone groups is 1. The highest BCUT2D eigenvalue weighted by molar-refractivity contribution is 6.05. The van der Waals surface area contributed by atoms with Crippen LogP contribution in [0.25, 0.3) is 11.1 Å². The molecule has 0 radical (unpaired) electrons. The fraction of sp³-hybridized carbons (Fsp3) is 0.182. The van der Waals surface area contributed by atoms with Crippen LogP contribution in [0.3, 0.4) is 0 Å². The summed E-state index contributed by atoms with van der Waals surface area (Å²) in [7, 11) is 0. The summed E-state index contributed by atoms with van der Waals surface area (Å²) in [5.74, 6) is 10.7. The number of amidine groups is 1. The Bertz CT molecular complexity index is 1120. The van der Waals surface area contributed by atoms with Crippen molar-refractivity contribution in [3.05, 3.63) is 77.5 Å². The molecule has 0 saturated heterocycles. The Kier molecular flexibility index (Phi) is 6.56. The Morgan fingerprint density at radius 1 is 1.23 bits per heavy atom. The number of nitrogens with two attached hydrogens (primary N) is 2. The lowest BCUT2D eigenvalue weighted by Gasteiger charge is -2.23. The van der Waals surface area contributed by atoms with E-state index in [1.807, 2.05) is 19.9 Å². The fourth-order valence-electron chi connectivity index (χ4n) is 3.00. The summed E-state index contributed by atoms with van der Waals surface area (Å²) in [5.41, 5.74) is 2.47. The van der Waals surface area contributed by atoms with Crippen molar-refractivity contribution < 1.29 is 9.18 Å². The smallest absolute Gasteiger partial charge is 0.259 e. The number of halogens is 1. The number of pyridine rings is 2. The van der Waals surface area contributed by atoms with E-state index >= 15 is 0 Å². The van der Waals surface area contributed by atoms with Crippen molar-refractivity contribution in [2.24, 2.45) is 16.8 Å². The predicted molar refractivity (Wildman–Crippen MR) is 118 cm³/mol. The first kappa shape index (κ1) is 21.8. The first-order valence-corrected chi connectivity index (χ1v) is 9.63. The maximum atomic E-state index is 14.6. The minimum absolute atomic E-state index is 0.0742. The third kappa shape index (κ3) is 4.84. The summed E-state index contributed by atoms with van der Waals surface area (Å²) >= 11 is 0. The molecule has 0 atom stereocenters. The highest BCUT2D eigenvalue weighted by Crippen LogP contribution is 2.26. The Hall–Kier alpha value is -3.85. The lowest BCUT2D eigenvalue weighted by Crippen LogP contribution is -2.44. The van der Waals surface area contributed by atoms with Gasteiger partial charge in [-0.15, -0.1) is 0 Å². The molecule has 0 fully saturated rings. The number of nitrogens with one attached hydrogen (secondary N) is 1. The molecule has 0 saturated carbocycles. The van der Waals surface area contributed by atoms with Crippen LogP contribution in [-0.2, 0) is 0 Å². The third-order valence-corrected chi connectivity index (χ3v) is 4.67. The number of amides is 1. The van der Waals surface area contributed by atoms with Crippen molar-refractivity contribution >= 4 is 17.6 Å². The van der Waals surface area contributed by atoms with Gasteiger partial charge in [0.1, 0.15) is 17.3 Å². The molecule has 0 spiro atoms. The molecule has 9 heteroatoms. The van der Waals surface area contributed by atoms with Crippen molar-refractivity contribution in [1.29, 1.82) is 0 Å². The summed E-state index contributed by atoms with van der Waals surface area (Å²) in [6.07, 6.45) is 3.31. The number of hydrazine groups is 1. The molecule has 31 heavy (non-hydrogen) atoms. The summed E-state index contributed by atoms with van der Waals surface area (Å²) in [6, 6.07) is 11.3. The van der Waals surface area contributed by atoms with Gasteiger partial charge >= 0.3 is 0 Å². The van der Waals surface area contributed by atoms with E-state index in [0.717, 1.165) is 11.1 Å². The lowest BCUT2D eigenvalue weighted by molar-refractivity contribution is 0.102. The van der Waals surface area contributed by atoms with Gasteiger partial charge in [0.2, 0.25) is 0 Å². The van der Waals surface area contributed by atoms with Crippen molar-refractivity contribution in [3.63, 3.8) is 0 Å². The number of benzene rings is 1. The van der Waals surface area contributed by atoms with Gasteiger partial charge in [0.05, 0.1) is 5.56 Å². The number of anilines is 1. The van der Waals surface area contributed by atoms with E-state index in [1.165, 1.54) is 17.1 Å². The van der Waals surface area contributed by atoms with Gasteiger partial charge in [0, 0.05) is 24.0 Å². The fourth-order valence-corrected chi connectivity index (χ4v) is 3.00. The predicted octanol–water partition coefficient (Wildman–Crippen LogP) is 3.05. The third-order valence-electron chi connectivity index (χ3n) is 4.67. The molecule has 8 nitrogen and oxygen atoms in total. The molecule has 0 aliphatic carbocycles. The van der Waals surface area contributed by atoms with Crippen LogP contribution in [-0.4, -0.2) is 32.8 Å². The molecule has 0 unspecified atom stereocenters. The largest absolute Gasteiger partial charge is 0.321 e. The molecule has 0 bridgehead atoms. The maximum Gasteiger partial charge on any atom is 0.259 e. The molecule has 2 aromatic heterocycles. The first-order valence-electron chi connectivity index (χ1n) is 9.63. The Morgan fingerprint density at radius 3 is 2.65 bits per heavy atom. The molecule has 3 aromatic rings. The number of aryl methyl sites for hydroxylation is 1. The number of carbonyl (C=O) groups is 1. The van der Waals surface area contributed by atoms with Gasteiger partial charge in [-0.2, -0.15) is 5.10 Å². The van der Waals surface area contributed by atoms with E-state index in [9.17, 15) is 9.18 Å². The van der Waals surface area contributed by atoms with Crippen molar-refractivity contribution in [1.82, 2.24) is 15.0 Å². The second-order valence-electron chi connectivity index (χ2n) is 7.20. The average Bonchev–Trinajstić information content (AvgIpc) is 2.75. The number of hydrogen-bond acceptors (Lipinski definition) is 6. The van der Waals surface area contributed by atoms with E-state index in [4.69, 9.17) is 11.7 Å². The van der Waals surface area contributed by atoms with Crippen molar-refractivity contribution in [2.45, 2.75) is 26.8 Å². The molecule has 2 heterocycles. The molecular formula is C22H24FN7O. The van der Waals surface area contributed by atoms with E-state index in [-0.39, 0.29) is 23.3 Å². The Labute approximate surface area is 179 Å². The molecule has 1 amide bonds. The van der Waals surface area contributed by atoms with Crippen LogP contribution in [0.5, 0.6) is 0 Å². The minimum Gasteiger partial charge on any atom is -0.321 e. The van der Waals surface area contributed by atoms with Crippen LogP contribution in [0, 0.1) is 12.7 Å². The van der Waals surface area contributed by atoms with Gasteiger partial charge in [-0.05, 0) is 62.2 Å². The standard InChI is InChI=1S/C22H24FN7O/c1-13(2)30(25)21(29-24)19-7-4-8-20(27-19)28-22(31)17-11-16(14(3)10-18(17)23)15-6-5-9-26-12-15/h4-13H,24-25H2,1-3H3,(H,27,28,31)/b29-21-. The summed E-state index contributed by atoms with van der Waals surface area (Å²) < 4.78 is 14.6. The number of rotatable bonds is 5. The second kappa shape index (κ2) is 9.31. The zero-order chi connectivity index (χ0) is 22.5. The lowest BCUT2D eigenvalue weighted by atomic mass is 9.98. The van der Waals surface area contributed by atoms with Crippen LogP contribution in [0.15, 0.2) is 60.0 Å². The molecule has 160 valence electrons. The zero-order valence-corrected chi connectivity index (χ0v) is 17.5. The van der Waals surface area contributed by atoms with Gasteiger partial charge in [-0.3, -0.25) is 14.8 Å². The highest BCUT2D eigenvalue weighted by Gasteiger charge is 2.18. The summed E-state index contributed by atoms with van der Waals surface area (Å²) in [4.78, 5) is 21.3. The molecular weight excluding hydrogens is 397 g/mol. The molecule has 0 aliphatic rings. The van der Waals surface area contributed by atoms with Crippen molar-refractivity contribution in [2.75, 3.05) is 5.32 Å². The first-order chi connectivity index (χ1) is 14.8. The quantitative estimate of drug-likeness (QED) is 0.252. The Morgan fingerprint density at radius 2 is 2.00 bits per heavy atom. The summed E-state index contributed by atoms with van der Waals surface area (Å²) in [5, 5.41) is 7.70. The molecule has 3 rings (SSSR count). The van der Waals surface area contributed by atoms with Crippen LogP contribution in [0.4, 0.5) is 10.2 Å². The van der Waals surface area contributed by atoms with Gasteiger partial charge in [0.25, 0.3) is 5.91 Å². The molecule has 5 N–H and O–H groups in total. The van der Waals surface area contributed by atoms with E-state index < -0.39 is 11.7 Å². The number of carbonyl (C=O) groups excluding carboxylic acids is 1. The number of hydrogen-bond donors (Lipinski definition) is 3. The monoisotopic (exact) mass is 421 g/mol. The van der Waals surface area contributed by atoms with Crippen LogP contribution < -0.4 is 17.0 Å². The molecule has 1 aromatic carbocycles. The average molecular weight is 421 g/mol. The zero-order valence-electron chi connectivity index (χ0n) is 17.5. The highest BCUT2D eigenvalue weighted by atomic mass is 19.1. The van der Waals surface area contributed by atoms with Gasteiger partial charge in [0.15, 0.2) is 5.84 Å². The van der Waals surface area contributed by atoms with Gasteiger partial charge in [-0.25, -0.2) is 15.2 Å². The SMILES string of the molecule is Cc1cc(F)c(C(=O)Nc2cccc(/C(=N/N)N(N)C(C)C)n2)cc1-c1cccnc1. The van der Waals surface area contributed by atoms with Gasteiger partial charge in [-0.1, -0.05) is 12.1 Å². The number of aromatic nitrogens is 2. The second-order valence-corrected chi connectivity index (χ2v) is 7.20. The van der Waals surface area contributed by atoms with Crippen LogP contribution in [0.1, 0.15) is 35.5 Å². The van der Waals surface area contributed by atoms with E-state index in [1.54, 1.807) is 43.6 Å². The Balaban J connectivity index is 1.91. The number of nitrogens with zero attached hydrogens (tertiary/aromatic N) is 4. The normalized spacial score (nSPS) is 11.5. The van der Waals surface area contributed by atoms with E-state index in [2.05, 4.69) is 20.4 Å². The summed E-state index contributed by atoms with van der Waals surface area (Å²) in [6.45, 7) is 5.52. The topological polar surface area (TPSA) is 123 Å². The van der Waals surface area contributed by atoms with Crippen molar-refractivity contribution in [3.8, 4) is 11.1 Å².